The van der Waals surface area contributed by atoms with Crippen LogP contribution < -0.4 is 10.6 Å². The van der Waals surface area contributed by atoms with Crippen LogP contribution in [0.15, 0.2) is 16.6 Å². The maximum Gasteiger partial charge on any atom is 0.405 e. The van der Waals surface area contributed by atoms with Crippen molar-refractivity contribution < 1.29 is 28.6 Å². The second kappa shape index (κ2) is 7.89. The molecule has 4 N–H and O–H groups in total. The molecule has 0 saturated heterocycles. The van der Waals surface area contributed by atoms with Gasteiger partial charge in [0.15, 0.2) is 11.6 Å². The number of carbonyl (C=O) groups excluding carboxylic acids is 1. The third-order valence-electron chi connectivity index (χ3n) is 2.52. The molecule has 0 radical (unpaired) electrons. The largest absolute Gasteiger partial charge is 0.465 e. The lowest BCUT2D eigenvalue weighted by atomic mass is 10.1. The third kappa shape index (κ3) is 5.27. The van der Waals surface area contributed by atoms with Gasteiger partial charge in [-0.05, 0) is 25.0 Å². The molecule has 0 spiro atoms. The van der Waals surface area contributed by atoms with Gasteiger partial charge in [-0.1, -0.05) is 15.9 Å². The zero-order chi connectivity index (χ0) is 16.0. The van der Waals surface area contributed by atoms with Crippen LogP contribution in [-0.2, 0) is 4.79 Å². The summed E-state index contributed by atoms with van der Waals surface area (Å²) in [5.41, 5.74) is -0.663. The number of anilines is 1. The van der Waals surface area contributed by atoms with Gasteiger partial charge in [-0.3, -0.25) is 4.79 Å². The number of hydrogen-bond donors (Lipinski definition) is 4. The van der Waals surface area contributed by atoms with Crippen molar-refractivity contribution in [2.24, 2.45) is 0 Å². The van der Waals surface area contributed by atoms with E-state index in [1.165, 1.54) is 0 Å². The normalized spacial score (nSPS) is 11.8. The molecule has 116 valence electrons. The minimum absolute atomic E-state index is 0.00556. The monoisotopic (exact) mass is 366 g/mol. The van der Waals surface area contributed by atoms with Gasteiger partial charge in [0.1, 0.15) is 11.7 Å². The Balaban J connectivity index is 2.88. The number of amides is 2. The molecule has 9 heteroatoms. The molecule has 6 nitrogen and oxygen atoms in total. The van der Waals surface area contributed by atoms with Crippen molar-refractivity contribution in [2.45, 2.75) is 18.9 Å². The van der Waals surface area contributed by atoms with Gasteiger partial charge in [0.05, 0.1) is 0 Å². The number of carboxylic acid groups (broad SMARTS) is 1. The Labute approximate surface area is 127 Å². The maximum absolute atomic E-state index is 13.6. The molecule has 0 unspecified atom stereocenters. The summed E-state index contributed by atoms with van der Waals surface area (Å²) in [4.78, 5) is 22.5. The van der Waals surface area contributed by atoms with Crippen LogP contribution in [0.25, 0.3) is 0 Å². The number of carbonyl (C=O) groups is 2. The van der Waals surface area contributed by atoms with Crippen LogP contribution in [0.2, 0.25) is 0 Å². The van der Waals surface area contributed by atoms with Crippen LogP contribution in [0.3, 0.4) is 0 Å². The molecule has 1 atom stereocenters. The molecule has 0 saturated carbocycles. The summed E-state index contributed by atoms with van der Waals surface area (Å²) in [7, 11) is 0. The summed E-state index contributed by atoms with van der Waals surface area (Å²) in [6.45, 7) is -0.244. The lowest BCUT2D eigenvalue weighted by Gasteiger charge is -2.17. The van der Waals surface area contributed by atoms with E-state index in [2.05, 4.69) is 15.9 Å². The van der Waals surface area contributed by atoms with E-state index in [4.69, 9.17) is 10.2 Å². The Kier molecular flexibility index (Phi) is 6.50. The minimum Gasteiger partial charge on any atom is -0.465 e. The van der Waals surface area contributed by atoms with Crippen molar-refractivity contribution in [3.8, 4) is 0 Å². The van der Waals surface area contributed by atoms with Crippen molar-refractivity contribution in [2.75, 3.05) is 11.9 Å². The first-order valence-electron chi connectivity index (χ1n) is 5.91. The van der Waals surface area contributed by atoms with Gasteiger partial charge in [0.2, 0.25) is 5.91 Å². The Hall–Kier alpha value is -1.74. The van der Waals surface area contributed by atoms with Crippen molar-refractivity contribution in [1.82, 2.24) is 5.32 Å². The van der Waals surface area contributed by atoms with E-state index in [-0.39, 0.29) is 23.9 Å². The van der Waals surface area contributed by atoms with E-state index in [0.717, 1.165) is 12.1 Å². The highest BCUT2D eigenvalue weighted by atomic mass is 79.9. The number of benzene rings is 1. The van der Waals surface area contributed by atoms with E-state index in [0.29, 0.717) is 0 Å². The number of rotatable bonds is 6. The zero-order valence-electron chi connectivity index (χ0n) is 10.7. The molecular weight excluding hydrogens is 354 g/mol. The first kappa shape index (κ1) is 17.3. The van der Waals surface area contributed by atoms with Crippen molar-refractivity contribution >= 4 is 33.6 Å². The fraction of sp³-hybridized carbons (Fsp3) is 0.333. The Morgan fingerprint density at radius 3 is 2.33 bits per heavy atom. The molecule has 1 aromatic rings. The summed E-state index contributed by atoms with van der Waals surface area (Å²) in [5, 5.41) is 21.3. The van der Waals surface area contributed by atoms with Gasteiger partial charge in [0, 0.05) is 11.1 Å². The summed E-state index contributed by atoms with van der Waals surface area (Å²) in [6.07, 6.45) is -1.30. The maximum atomic E-state index is 13.6. The predicted molar refractivity (Wildman–Crippen MR) is 74.0 cm³/mol. The molecule has 0 heterocycles. The van der Waals surface area contributed by atoms with Crippen molar-refractivity contribution in [3.63, 3.8) is 0 Å². The lowest BCUT2D eigenvalue weighted by Crippen LogP contribution is -2.43. The van der Waals surface area contributed by atoms with E-state index >= 15 is 0 Å². The van der Waals surface area contributed by atoms with Crippen LogP contribution in [0.4, 0.5) is 19.3 Å². The standard InChI is InChI=1S/C12H13BrF2N2O4/c13-6-4-7(14)10(8(15)5-6)17-11(19)9(2-1-3-18)16-12(20)21/h4-5,9,16,18H,1-3H2,(H,17,19)(H,20,21)/t9-/m1/s1. The molecule has 0 fully saturated rings. The predicted octanol–water partition coefficient (Wildman–Crippen LogP) is 2.07. The van der Waals surface area contributed by atoms with Crippen LogP contribution in [0, 0.1) is 11.6 Å². The van der Waals surface area contributed by atoms with Crippen molar-refractivity contribution in [1.29, 1.82) is 0 Å². The highest BCUT2D eigenvalue weighted by Crippen LogP contribution is 2.24. The molecule has 0 aliphatic rings. The summed E-state index contributed by atoms with van der Waals surface area (Å²) >= 11 is 2.90. The van der Waals surface area contributed by atoms with Crippen molar-refractivity contribution in [3.05, 3.63) is 28.2 Å². The highest BCUT2D eigenvalue weighted by molar-refractivity contribution is 9.10. The fourth-order valence-corrected chi connectivity index (χ4v) is 1.99. The quantitative estimate of drug-likeness (QED) is 0.619. The zero-order valence-corrected chi connectivity index (χ0v) is 12.3. The Bertz CT molecular complexity index is 519. The summed E-state index contributed by atoms with van der Waals surface area (Å²) in [5.74, 6) is -2.90. The van der Waals surface area contributed by atoms with Crippen LogP contribution in [-0.4, -0.2) is 34.9 Å². The first-order chi connectivity index (χ1) is 9.85. The highest BCUT2D eigenvalue weighted by Gasteiger charge is 2.22. The molecule has 0 aliphatic heterocycles. The number of hydrogen-bond acceptors (Lipinski definition) is 3. The van der Waals surface area contributed by atoms with E-state index in [1.54, 1.807) is 0 Å². The number of aliphatic hydroxyl groups excluding tert-OH is 1. The molecule has 0 aliphatic carbocycles. The molecule has 1 aromatic carbocycles. The van der Waals surface area contributed by atoms with Gasteiger partial charge in [-0.25, -0.2) is 13.6 Å². The number of aliphatic hydroxyl groups is 1. The van der Waals surface area contributed by atoms with Crippen LogP contribution in [0.5, 0.6) is 0 Å². The van der Waals surface area contributed by atoms with Crippen LogP contribution >= 0.6 is 15.9 Å². The SMILES string of the molecule is O=C(O)N[C@H](CCCO)C(=O)Nc1c(F)cc(Br)cc1F. The van der Waals surface area contributed by atoms with E-state index in [9.17, 15) is 18.4 Å². The Morgan fingerprint density at radius 1 is 1.29 bits per heavy atom. The van der Waals surface area contributed by atoms with Gasteiger partial charge in [-0.2, -0.15) is 0 Å². The average Bonchev–Trinajstić information content (AvgIpc) is 2.38. The number of nitrogens with one attached hydrogen (secondary N) is 2. The average molecular weight is 367 g/mol. The summed E-state index contributed by atoms with van der Waals surface area (Å²) < 4.78 is 27.3. The second-order valence-corrected chi connectivity index (χ2v) is 5.02. The van der Waals surface area contributed by atoms with E-state index < -0.39 is 35.4 Å². The molecule has 0 aromatic heterocycles. The van der Waals surface area contributed by atoms with Gasteiger partial charge < -0.3 is 20.8 Å². The molecule has 21 heavy (non-hydrogen) atoms. The van der Waals surface area contributed by atoms with E-state index in [1.807, 2.05) is 10.6 Å². The molecular formula is C12H13BrF2N2O4. The lowest BCUT2D eigenvalue weighted by molar-refractivity contribution is -0.118. The summed E-state index contributed by atoms with van der Waals surface area (Å²) in [6, 6.07) is 0.704. The van der Waals surface area contributed by atoms with Gasteiger partial charge in [0.25, 0.3) is 0 Å². The molecule has 2 amide bonds. The molecule has 1 rings (SSSR count). The first-order valence-corrected chi connectivity index (χ1v) is 6.70. The molecule has 0 bridgehead atoms. The number of halogens is 3. The smallest absolute Gasteiger partial charge is 0.405 e. The third-order valence-corrected chi connectivity index (χ3v) is 2.98. The van der Waals surface area contributed by atoms with Gasteiger partial charge >= 0.3 is 6.09 Å². The fourth-order valence-electron chi connectivity index (χ4n) is 1.59. The topological polar surface area (TPSA) is 98.7 Å². The minimum atomic E-state index is -1.45. The van der Waals surface area contributed by atoms with Crippen LogP contribution in [0.1, 0.15) is 12.8 Å². The van der Waals surface area contributed by atoms with Gasteiger partial charge in [-0.15, -0.1) is 0 Å². The Morgan fingerprint density at radius 2 is 1.86 bits per heavy atom. The second-order valence-electron chi connectivity index (χ2n) is 4.10.